The molecule has 1 aliphatic heterocycles. The molecular formula is C22H22ClN5O5S. The number of fused-ring (bicyclic) bond motifs is 1. The van der Waals surface area contributed by atoms with Crippen LogP contribution in [-0.4, -0.2) is 46.2 Å². The average Bonchev–Trinajstić information content (AvgIpc) is 3.47. The van der Waals surface area contributed by atoms with Crippen LogP contribution in [-0.2, 0) is 17.9 Å². The molecule has 0 saturated heterocycles. The van der Waals surface area contributed by atoms with Crippen molar-refractivity contribution in [3.05, 3.63) is 52.8 Å². The van der Waals surface area contributed by atoms with Crippen LogP contribution in [0.4, 0.5) is 5.69 Å². The van der Waals surface area contributed by atoms with Gasteiger partial charge < -0.3 is 29.4 Å². The minimum atomic E-state index is -0.270. The number of halogens is 1. The number of anilines is 1. The molecular weight excluding hydrogens is 482 g/mol. The first-order chi connectivity index (χ1) is 16.5. The van der Waals surface area contributed by atoms with E-state index in [4.69, 9.17) is 25.8 Å². The van der Waals surface area contributed by atoms with Crippen molar-refractivity contribution in [2.45, 2.75) is 25.2 Å². The van der Waals surface area contributed by atoms with E-state index >= 15 is 0 Å². The molecule has 0 unspecified atom stereocenters. The molecule has 0 radical (unpaired) electrons. The Morgan fingerprint density at radius 2 is 2.00 bits per heavy atom. The van der Waals surface area contributed by atoms with Crippen molar-refractivity contribution in [2.24, 2.45) is 0 Å². The van der Waals surface area contributed by atoms with Gasteiger partial charge >= 0.3 is 0 Å². The van der Waals surface area contributed by atoms with Crippen LogP contribution < -0.4 is 24.8 Å². The summed E-state index contributed by atoms with van der Waals surface area (Å²) in [6.45, 7) is 2.84. The molecule has 0 aliphatic carbocycles. The second kappa shape index (κ2) is 10.7. The smallest absolute Gasteiger partial charge is 0.251 e. The molecule has 0 atom stereocenters. The van der Waals surface area contributed by atoms with Crippen molar-refractivity contribution < 1.29 is 23.8 Å². The average molecular weight is 504 g/mol. The molecule has 1 aromatic heterocycles. The van der Waals surface area contributed by atoms with Gasteiger partial charge in [0.1, 0.15) is 5.75 Å². The number of thioether (sulfide) groups is 1. The largest absolute Gasteiger partial charge is 0.495 e. The first-order valence-corrected chi connectivity index (χ1v) is 11.7. The lowest BCUT2D eigenvalue weighted by Gasteiger charge is -2.11. The van der Waals surface area contributed by atoms with Crippen LogP contribution >= 0.6 is 23.4 Å². The van der Waals surface area contributed by atoms with Crippen molar-refractivity contribution in [1.82, 2.24) is 20.1 Å². The van der Waals surface area contributed by atoms with Crippen LogP contribution in [0.25, 0.3) is 0 Å². The molecule has 178 valence electrons. The molecule has 0 fully saturated rings. The van der Waals surface area contributed by atoms with E-state index in [1.165, 1.54) is 18.9 Å². The summed E-state index contributed by atoms with van der Waals surface area (Å²) in [5, 5.41) is 15.0. The van der Waals surface area contributed by atoms with Crippen LogP contribution in [0.5, 0.6) is 17.2 Å². The Morgan fingerprint density at radius 1 is 1.18 bits per heavy atom. The number of nitrogens with zero attached hydrogens (tertiary/aromatic N) is 3. The van der Waals surface area contributed by atoms with Gasteiger partial charge in [0.2, 0.25) is 12.7 Å². The summed E-state index contributed by atoms with van der Waals surface area (Å²) < 4.78 is 17.7. The van der Waals surface area contributed by atoms with Gasteiger partial charge in [0.15, 0.2) is 22.5 Å². The lowest BCUT2D eigenvalue weighted by atomic mass is 10.2. The Bertz CT molecular complexity index is 1220. The van der Waals surface area contributed by atoms with E-state index in [0.29, 0.717) is 51.0 Å². The predicted molar refractivity (Wildman–Crippen MR) is 127 cm³/mol. The van der Waals surface area contributed by atoms with Crippen LogP contribution in [0.2, 0.25) is 5.02 Å². The van der Waals surface area contributed by atoms with Crippen molar-refractivity contribution in [3.63, 3.8) is 0 Å². The number of ether oxygens (including phenoxy) is 3. The number of benzene rings is 2. The van der Waals surface area contributed by atoms with Gasteiger partial charge in [-0.15, -0.1) is 10.2 Å². The topological polar surface area (TPSA) is 117 Å². The van der Waals surface area contributed by atoms with E-state index in [1.54, 1.807) is 36.4 Å². The number of hydrogen-bond acceptors (Lipinski definition) is 8. The summed E-state index contributed by atoms with van der Waals surface area (Å²) in [6.07, 6.45) is 0. The van der Waals surface area contributed by atoms with Crippen LogP contribution in [0.1, 0.15) is 23.1 Å². The Kier molecular flexibility index (Phi) is 7.43. The highest BCUT2D eigenvalue weighted by molar-refractivity contribution is 7.99. The molecule has 1 aliphatic rings. The highest BCUT2D eigenvalue weighted by atomic mass is 35.5. The van der Waals surface area contributed by atoms with E-state index in [2.05, 4.69) is 20.8 Å². The van der Waals surface area contributed by atoms with E-state index in [1.807, 2.05) is 11.5 Å². The third kappa shape index (κ3) is 5.37. The molecule has 2 heterocycles. The fourth-order valence-corrected chi connectivity index (χ4v) is 4.26. The van der Waals surface area contributed by atoms with Crippen molar-refractivity contribution in [2.75, 3.05) is 25.0 Å². The van der Waals surface area contributed by atoms with Gasteiger partial charge in [-0.1, -0.05) is 23.4 Å². The second-order valence-corrected chi connectivity index (χ2v) is 8.45. The zero-order chi connectivity index (χ0) is 24.1. The zero-order valence-corrected chi connectivity index (χ0v) is 20.0. The highest BCUT2D eigenvalue weighted by Gasteiger charge is 2.18. The third-order valence-corrected chi connectivity index (χ3v) is 6.12. The Morgan fingerprint density at radius 3 is 2.79 bits per heavy atom. The maximum Gasteiger partial charge on any atom is 0.251 e. The maximum atomic E-state index is 12.5. The van der Waals surface area contributed by atoms with E-state index in [0.717, 1.165) is 0 Å². The van der Waals surface area contributed by atoms with Gasteiger partial charge in [-0.3, -0.25) is 9.59 Å². The van der Waals surface area contributed by atoms with Gasteiger partial charge in [-0.05, 0) is 43.3 Å². The maximum absolute atomic E-state index is 12.5. The number of rotatable bonds is 9. The van der Waals surface area contributed by atoms with Gasteiger partial charge in [0.05, 0.1) is 25.1 Å². The van der Waals surface area contributed by atoms with Gasteiger partial charge in [0.25, 0.3) is 5.91 Å². The second-order valence-electron chi connectivity index (χ2n) is 7.08. The number of carbonyl (C=O) groups is 2. The summed E-state index contributed by atoms with van der Waals surface area (Å²) in [4.78, 5) is 25.0. The normalized spacial score (nSPS) is 11.9. The molecule has 0 saturated carbocycles. The Labute approximate surface area is 204 Å². The number of hydrogen-bond donors (Lipinski definition) is 2. The minimum absolute atomic E-state index is 0.108. The number of methoxy groups -OCH3 is 1. The van der Waals surface area contributed by atoms with E-state index < -0.39 is 0 Å². The number of amides is 2. The molecule has 10 nitrogen and oxygen atoms in total. The first-order valence-electron chi connectivity index (χ1n) is 10.3. The number of aromatic nitrogens is 3. The SMILES string of the molecule is CCn1c(CNC(=O)c2ccc3c(c2)OCO3)nnc1SCC(=O)Nc1cc(Cl)ccc1OC. The molecule has 34 heavy (non-hydrogen) atoms. The fraction of sp³-hybridized carbons (Fsp3) is 0.273. The van der Waals surface area contributed by atoms with E-state index in [-0.39, 0.29) is 30.9 Å². The van der Waals surface area contributed by atoms with Crippen molar-refractivity contribution >= 4 is 40.9 Å². The molecule has 4 rings (SSSR count). The lowest BCUT2D eigenvalue weighted by Crippen LogP contribution is -2.24. The summed E-state index contributed by atoms with van der Waals surface area (Å²) in [5.41, 5.74) is 0.944. The first kappa shape index (κ1) is 23.7. The fourth-order valence-electron chi connectivity index (χ4n) is 3.27. The van der Waals surface area contributed by atoms with Crippen LogP contribution in [0.3, 0.4) is 0 Å². The quantitative estimate of drug-likeness (QED) is 0.427. The Balaban J connectivity index is 1.34. The molecule has 12 heteroatoms. The zero-order valence-electron chi connectivity index (χ0n) is 18.5. The minimum Gasteiger partial charge on any atom is -0.495 e. The van der Waals surface area contributed by atoms with Crippen LogP contribution in [0, 0.1) is 0 Å². The Hall–Kier alpha value is -3.44. The number of carbonyl (C=O) groups excluding carboxylic acids is 2. The summed E-state index contributed by atoms with van der Waals surface area (Å²) in [5.74, 6) is 1.84. The van der Waals surface area contributed by atoms with E-state index in [9.17, 15) is 9.59 Å². The molecule has 0 bridgehead atoms. The monoisotopic (exact) mass is 503 g/mol. The standard InChI is InChI=1S/C22H22ClN5O5S/c1-3-28-19(10-24-21(30)13-4-6-17-18(8-13)33-12-32-17)26-27-22(28)34-11-20(29)25-15-9-14(23)5-7-16(15)31-2/h4-9H,3,10-12H2,1-2H3,(H,24,30)(H,25,29). The van der Waals surface area contributed by atoms with Crippen molar-refractivity contribution in [1.29, 1.82) is 0 Å². The number of nitrogens with one attached hydrogen (secondary N) is 2. The van der Waals surface area contributed by atoms with Gasteiger partial charge in [0, 0.05) is 17.1 Å². The lowest BCUT2D eigenvalue weighted by molar-refractivity contribution is -0.113. The third-order valence-electron chi connectivity index (χ3n) is 4.92. The molecule has 2 amide bonds. The van der Waals surface area contributed by atoms with Crippen LogP contribution in [0.15, 0.2) is 41.6 Å². The van der Waals surface area contributed by atoms with Crippen molar-refractivity contribution in [3.8, 4) is 17.2 Å². The van der Waals surface area contributed by atoms with Gasteiger partial charge in [-0.25, -0.2) is 0 Å². The predicted octanol–water partition coefficient (Wildman–Crippen LogP) is 3.35. The summed E-state index contributed by atoms with van der Waals surface area (Å²) in [6, 6.07) is 9.99. The highest BCUT2D eigenvalue weighted by Crippen LogP contribution is 2.32. The van der Waals surface area contributed by atoms with Gasteiger partial charge in [-0.2, -0.15) is 0 Å². The molecule has 0 spiro atoms. The summed E-state index contributed by atoms with van der Waals surface area (Å²) in [7, 11) is 1.52. The molecule has 2 aromatic carbocycles. The molecule has 2 N–H and O–H groups in total. The molecule has 3 aromatic rings. The summed E-state index contributed by atoms with van der Waals surface area (Å²) >= 11 is 7.25.